The molecule has 0 radical (unpaired) electrons. The maximum atomic E-state index is 13.8. The Balaban J connectivity index is 4.91. The number of rotatable bonds is 49. The summed E-state index contributed by atoms with van der Waals surface area (Å²) in [6.45, 7) is 16.7. The molecule has 0 fully saturated rings. The second-order valence-corrected chi connectivity index (χ2v) is 21.8. The Morgan fingerprint density at radius 2 is 0.681 bits per heavy atom. The van der Waals surface area contributed by atoms with Crippen LogP contribution in [0.5, 0.6) is 0 Å². The minimum Gasteiger partial charge on any atom is -0.354 e. The Hall–Kier alpha value is -3.24. The van der Waals surface area contributed by atoms with E-state index in [1.807, 2.05) is 65.7 Å². The van der Waals surface area contributed by atoms with E-state index in [-0.39, 0.29) is 35.5 Å². The molecule has 4 amide bonds. The third-order valence-electron chi connectivity index (χ3n) is 13.5. The van der Waals surface area contributed by atoms with E-state index in [0.717, 1.165) is 116 Å². The molecule has 10 nitrogen and oxygen atoms in total. The number of hydrogen-bond donors (Lipinski definition) is 2. The second kappa shape index (κ2) is 48.7. The van der Waals surface area contributed by atoms with E-state index in [2.05, 4.69) is 82.9 Å². The Bertz CT molecular complexity index is 1330. The SMILES string of the molecule is CCCCC/C=C\C/C=C\CCCCCCCC(=O)N(CCCN(C)C)C(C(=O)NCCCCCCNC(=O)C(C(C)C)N(CCCN(C)C)C(=O)CCCCCCC/C=C\C/C=C\CCCCC)C(C)C. The molecule has 0 saturated carbocycles. The Labute approximate surface area is 445 Å². The van der Waals surface area contributed by atoms with Crippen LogP contribution in [0.1, 0.15) is 234 Å². The van der Waals surface area contributed by atoms with Gasteiger partial charge in [-0.2, -0.15) is 0 Å². The molecular formula is C62H116N6O4. The van der Waals surface area contributed by atoms with E-state index in [0.29, 0.717) is 39.0 Å². The second-order valence-electron chi connectivity index (χ2n) is 21.8. The molecule has 0 aromatic rings. The molecule has 0 aromatic carbocycles. The quantitative estimate of drug-likeness (QED) is 0.0465. The molecule has 10 heteroatoms. The molecule has 2 atom stereocenters. The van der Waals surface area contributed by atoms with Gasteiger partial charge >= 0.3 is 0 Å². The lowest BCUT2D eigenvalue weighted by Crippen LogP contribution is -2.53. The zero-order chi connectivity index (χ0) is 53.5. The predicted molar refractivity (Wildman–Crippen MR) is 310 cm³/mol. The van der Waals surface area contributed by atoms with Crippen LogP contribution in [0.4, 0.5) is 0 Å². The van der Waals surface area contributed by atoms with Gasteiger partial charge in [0.05, 0.1) is 0 Å². The lowest BCUT2D eigenvalue weighted by atomic mass is 9.99. The van der Waals surface area contributed by atoms with Crippen LogP contribution in [0.3, 0.4) is 0 Å². The van der Waals surface area contributed by atoms with Crippen molar-refractivity contribution in [3.8, 4) is 0 Å². The Kier molecular flexibility index (Phi) is 46.5. The summed E-state index contributed by atoms with van der Waals surface area (Å²) >= 11 is 0. The highest BCUT2D eigenvalue weighted by molar-refractivity contribution is 5.88. The lowest BCUT2D eigenvalue weighted by Gasteiger charge is -2.34. The van der Waals surface area contributed by atoms with Crippen LogP contribution in [0.25, 0.3) is 0 Å². The first-order valence-corrected chi connectivity index (χ1v) is 29.8. The third kappa shape index (κ3) is 39.3. The van der Waals surface area contributed by atoms with Gasteiger partial charge in [-0.1, -0.05) is 167 Å². The molecule has 2 unspecified atom stereocenters. The van der Waals surface area contributed by atoms with Gasteiger partial charge in [0.15, 0.2) is 0 Å². The maximum absolute atomic E-state index is 13.8. The molecule has 0 aliphatic heterocycles. The van der Waals surface area contributed by atoms with Crippen molar-refractivity contribution >= 4 is 23.6 Å². The van der Waals surface area contributed by atoms with Crippen molar-refractivity contribution in [1.82, 2.24) is 30.2 Å². The minimum atomic E-state index is -0.489. The fraction of sp³-hybridized carbons (Fsp3) is 0.806. The van der Waals surface area contributed by atoms with E-state index >= 15 is 0 Å². The van der Waals surface area contributed by atoms with Crippen molar-refractivity contribution in [3.05, 3.63) is 48.6 Å². The maximum Gasteiger partial charge on any atom is 0.243 e. The first kappa shape index (κ1) is 68.8. The van der Waals surface area contributed by atoms with E-state index in [1.165, 1.54) is 77.0 Å². The summed E-state index contributed by atoms with van der Waals surface area (Å²) in [5.74, 6) is 0.0634. The largest absolute Gasteiger partial charge is 0.354 e. The fourth-order valence-corrected chi connectivity index (χ4v) is 9.26. The topological polar surface area (TPSA) is 105 Å². The fourth-order valence-electron chi connectivity index (χ4n) is 9.26. The van der Waals surface area contributed by atoms with Crippen molar-refractivity contribution in [2.75, 3.05) is 67.5 Å². The molecule has 0 aromatic heterocycles. The normalized spacial score (nSPS) is 13.0. The summed E-state index contributed by atoms with van der Waals surface area (Å²) in [5, 5.41) is 6.36. The standard InChI is InChI=1S/C62H116N6O4/c1-11-13-15-17-19-21-23-25-27-29-31-33-35-37-41-47-57(69)67(53-45-51-65(7)8)59(55(3)4)61(71)63-49-43-39-40-44-50-64-62(72)60(56(5)6)68(54-46-52-66(9)10)58(70)48-42-38-36-34-32-30-28-26-24-22-20-18-16-14-12-2/h19-22,25-28,55-56,59-60H,11-18,23-24,29-54H2,1-10H3,(H,63,71)(H,64,72)/b21-19-,22-20-,27-25-,28-26-. The molecule has 418 valence electrons. The van der Waals surface area contributed by atoms with Gasteiger partial charge < -0.3 is 30.2 Å². The Morgan fingerprint density at radius 1 is 0.375 bits per heavy atom. The molecule has 0 saturated heterocycles. The molecule has 0 spiro atoms. The third-order valence-corrected chi connectivity index (χ3v) is 13.5. The lowest BCUT2D eigenvalue weighted by molar-refractivity contribution is -0.142. The van der Waals surface area contributed by atoms with Crippen LogP contribution in [0.15, 0.2) is 48.6 Å². The smallest absolute Gasteiger partial charge is 0.243 e. The number of allylic oxidation sites excluding steroid dienone is 8. The van der Waals surface area contributed by atoms with Gasteiger partial charge in [0.1, 0.15) is 12.1 Å². The van der Waals surface area contributed by atoms with E-state index in [9.17, 15) is 19.2 Å². The number of nitrogens with zero attached hydrogens (tertiary/aromatic N) is 4. The van der Waals surface area contributed by atoms with Crippen molar-refractivity contribution in [1.29, 1.82) is 0 Å². The van der Waals surface area contributed by atoms with Crippen LogP contribution < -0.4 is 10.6 Å². The van der Waals surface area contributed by atoms with Crippen molar-refractivity contribution in [3.63, 3.8) is 0 Å². The van der Waals surface area contributed by atoms with E-state index in [1.54, 1.807) is 0 Å². The van der Waals surface area contributed by atoms with E-state index in [4.69, 9.17) is 0 Å². The average Bonchev–Trinajstić information content (AvgIpc) is 3.33. The number of hydrogen-bond acceptors (Lipinski definition) is 6. The van der Waals surface area contributed by atoms with Crippen LogP contribution in [0, 0.1) is 11.8 Å². The molecule has 0 bridgehead atoms. The van der Waals surface area contributed by atoms with Crippen LogP contribution in [-0.2, 0) is 19.2 Å². The monoisotopic (exact) mass is 1010 g/mol. The summed E-state index contributed by atoms with van der Waals surface area (Å²) < 4.78 is 0. The summed E-state index contributed by atoms with van der Waals surface area (Å²) in [6, 6.07) is -0.979. The van der Waals surface area contributed by atoms with Gasteiger partial charge in [0.2, 0.25) is 23.6 Å². The summed E-state index contributed by atoms with van der Waals surface area (Å²) in [6.07, 6.45) is 49.7. The molecular weight excluding hydrogens is 893 g/mol. The van der Waals surface area contributed by atoms with Gasteiger partial charge in [0, 0.05) is 39.0 Å². The molecule has 72 heavy (non-hydrogen) atoms. The minimum absolute atomic E-state index is 0.000752. The van der Waals surface area contributed by atoms with Crippen LogP contribution in [-0.4, -0.2) is 123 Å². The molecule has 2 N–H and O–H groups in total. The first-order chi connectivity index (χ1) is 34.8. The van der Waals surface area contributed by atoms with Crippen molar-refractivity contribution < 1.29 is 19.2 Å². The van der Waals surface area contributed by atoms with Crippen molar-refractivity contribution in [2.24, 2.45) is 11.8 Å². The highest BCUT2D eigenvalue weighted by Crippen LogP contribution is 2.19. The zero-order valence-electron chi connectivity index (χ0n) is 48.8. The molecule has 0 heterocycles. The van der Waals surface area contributed by atoms with Crippen molar-refractivity contribution in [2.45, 2.75) is 246 Å². The summed E-state index contributed by atoms with van der Waals surface area (Å²) in [7, 11) is 8.18. The van der Waals surface area contributed by atoms with E-state index < -0.39 is 12.1 Å². The number of carbonyl (C=O) groups excluding carboxylic acids is 4. The highest BCUT2D eigenvalue weighted by atomic mass is 16.2. The van der Waals surface area contributed by atoms with Crippen LogP contribution in [0.2, 0.25) is 0 Å². The molecule has 0 aliphatic rings. The first-order valence-electron chi connectivity index (χ1n) is 29.8. The molecule has 0 rings (SSSR count). The van der Waals surface area contributed by atoms with Gasteiger partial charge in [-0.3, -0.25) is 19.2 Å². The number of unbranched alkanes of at least 4 members (excludes halogenated alkanes) is 19. The highest BCUT2D eigenvalue weighted by Gasteiger charge is 2.33. The van der Waals surface area contributed by atoms with Crippen LogP contribution >= 0.6 is 0 Å². The van der Waals surface area contributed by atoms with Gasteiger partial charge in [-0.15, -0.1) is 0 Å². The zero-order valence-corrected chi connectivity index (χ0v) is 48.8. The average molecular weight is 1010 g/mol. The Morgan fingerprint density at radius 3 is 1.00 bits per heavy atom. The number of carbonyl (C=O) groups is 4. The van der Waals surface area contributed by atoms with Gasteiger partial charge in [-0.05, 0) is 156 Å². The molecule has 0 aliphatic carbocycles. The summed E-state index contributed by atoms with van der Waals surface area (Å²) in [4.78, 5) is 63.0. The predicted octanol–water partition coefficient (Wildman–Crippen LogP) is 14.0. The number of nitrogens with one attached hydrogen (secondary N) is 2. The van der Waals surface area contributed by atoms with Gasteiger partial charge in [-0.25, -0.2) is 0 Å². The van der Waals surface area contributed by atoms with Gasteiger partial charge in [0.25, 0.3) is 0 Å². The summed E-state index contributed by atoms with van der Waals surface area (Å²) in [5.41, 5.74) is 0. The number of amides is 4.